The van der Waals surface area contributed by atoms with Gasteiger partial charge in [0.05, 0.1) is 6.54 Å². The Balaban J connectivity index is 1.61. The molecule has 1 unspecified atom stereocenters. The number of carbonyl (C=O) groups is 1. The highest BCUT2D eigenvalue weighted by Gasteiger charge is 2.22. The number of hydrogen-bond acceptors (Lipinski definition) is 3. The van der Waals surface area contributed by atoms with Crippen molar-refractivity contribution in [3.63, 3.8) is 0 Å². The van der Waals surface area contributed by atoms with Crippen molar-refractivity contribution in [2.45, 2.75) is 32.4 Å². The van der Waals surface area contributed by atoms with Crippen molar-refractivity contribution >= 4 is 5.91 Å². The van der Waals surface area contributed by atoms with Crippen LogP contribution in [0.4, 0.5) is 0 Å². The fourth-order valence-corrected chi connectivity index (χ4v) is 2.75. The van der Waals surface area contributed by atoms with E-state index in [1.54, 1.807) is 0 Å². The molecule has 1 aliphatic rings. The topological polar surface area (TPSA) is 44.4 Å². The first-order valence-electron chi connectivity index (χ1n) is 7.55. The molecule has 2 N–H and O–H groups in total. The van der Waals surface area contributed by atoms with E-state index in [1.165, 1.54) is 19.4 Å². The van der Waals surface area contributed by atoms with Gasteiger partial charge in [-0.25, -0.2) is 0 Å². The molecular weight excluding hydrogens is 250 g/mol. The Bertz CT molecular complexity index is 407. The first-order chi connectivity index (χ1) is 9.79. The lowest BCUT2D eigenvalue weighted by Crippen LogP contribution is -2.41. The zero-order valence-electron chi connectivity index (χ0n) is 12.3. The number of likely N-dealkylation sites (tertiary alicyclic amines) is 1. The molecule has 0 spiro atoms. The molecule has 4 heteroatoms. The summed E-state index contributed by atoms with van der Waals surface area (Å²) in [4.78, 5) is 14.2. The van der Waals surface area contributed by atoms with E-state index in [9.17, 15) is 4.79 Å². The molecule has 0 aliphatic carbocycles. The van der Waals surface area contributed by atoms with Gasteiger partial charge in [0.25, 0.3) is 0 Å². The molecule has 1 amide bonds. The van der Waals surface area contributed by atoms with Crippen LogP contribution in [-0.4, -0.2) is 43.0 Å². The van der Waals surface area contributed by atoms with Crippen LogP contribution in [0.2, 0.25) is 0 Å². The molecule has 0 saturated carbocycles. The maximum absolute atomic E-state index is 11.8. The standard InChI is InChI=1S/C16H25N3O/c1-2-19-10-6-9-15(19)12-17-13-16(20)18-11-14-7-4-3-5-8-14/h3-5,7-8,15,17H,2,6,9-13H2,1H3,(H,18,20). The predicted octanol–water partition coefficient (Wildman–Crippen LogP) is 1.38. The third-order valence-corrected chi connectivity index (χ3v) is 3.90. The first-order valence-corrected chi connectivity index (χ1v) is 7.55. The quantitative estimate of drug-likeness (QED) is 0.790. The SMILES string of the molecule is CCN1CCCC1CNCC(=O)NCc1ccccc1. The summed E-state index contributed by atoms with van der Waals surface area (Å²) in [5, 5.41) is 6.21. The summed E-state index contributed by atoms with van der Waals surface area (Å²) >= 11 is 0. The molecule has 2 rings (SSSR count). The summed E-state index contributed by atoms with van der Waals surface area (Å²) in [5.41, 5.74) is 1.13. The number of likely N-dealkylation sites (N-methyl/N-ethyl adjacent to an activating group) is 1. The van der Waals surface area contributed by atoms with Gasteiger partial charge in [-0.1, -0.05) is 37.3 Å². The summed E-state index contributed by atoms with van der Waals surface area (Å²) < 4.78 is 0. The van der Waals surface area contributed by atoms with Crippen LogP contribution in [0.15, 0.2) is 30.3 Å². The molecule has 1 atom stereocenters. The van der Waals surface area contributed by atoms with Crippen LogP contribution in [0.25, 0.3) is 0 Å². The van der Waals surface area contributed by atoms with E-state index < -0.39 is 0 Å². The number of amides is 1. The van der Waals surface area contributed by atoms with Gasteiger partial charge in [0.2, 0.25) is 5.91 Å². The Morgan fingerprint density at radius 3 is 2.90 bits per heavy atom. The third kappa shape index (κ3) is 4.62. The smallest absolute Gasteiger partial charge is 0.234 e. The minimum absolute atomic E-state index is 0.0647. The fraction of sp³-hybridized carbons (Fsp3) is 0.562. The van der Waals surface area contributed by atoms with Crippen LogP contribution in [-0.2, 0) is 11.3 Å². The Labute approximate surface area is 121 Å². The molecule has 1 heterocycles. The minimum atomic E-state index is 0.0647. The number of nitrogens with zero attached hydrogens (tertiary/aromatic N) is 1. The van der Waals surface area contributed by atoms with Crippen LogP contribution in [0, 0.1) is 0 Å². The molecule has 0 aromatic heterocycles. The summed E-state index contributed by atoms with van der Waals surface area (Å²) in [7, 11) is 0. The lowest BCUT2D eigenvalue weighted by molar-refractivity contribution is -0.120. The molecule has 1 fully saturated rings. The molecule has 110 valence electrons. The molecule has 1 aromatic rings. The maximum Gasteiger partial charge on any atom is 0.234 e. The van der Waals surface area contributed by atoms with E-state index in [1.807, 2.05) is 30.3 Å². The van der Waals surface area contributed by atoms with E-state index in [2.05, 4.69) is 22.5 Å². The van der Waals surface area contributed by atoms with Crippen molar-refractivity contribution in [3.8, 4) is 0 Å². The van der Waals surface area contributed by atoms with E-state index in [-0.39, 0.29) is 5.91 Å². The largest absolute Gasteiger partial charge is 0.351 e. The second-order valence-electron chi connectivity index (χ2n) is 5.32. The van der Waals surface area contributed by atoms with Crippen LogP contribution in [0.5, 0.6) is 0 Å². The van der Waals surface area contributed by atoms with Crippen LogP contribution in [0.3, 0.4) is 0 Å². The lowest BCUT2D eigenvalue weighted by Gasteiger charge is -2.22. The normalized spacial score (nSPS) is 19.1. The van der Waals surface area contributed by atoms with Gasteiger partial charge in [-0.05, 0) is 31.5 Å². The molecule has 1 aliphatic heterocycles. The number of hydrogen-bond donors (Lipinski definition) is 2. The highest BCUT2D eigenvalue weighted by atomic mass is 16.1. The summed E-state index contributed by atoms with van der Waals surface area (Å²) in [6.45, 7) is 6.42. The lowest BCUT2D eigenvalue weighted by atomic mass is 10.2. The highest BCUT2D eigenvalue weighted by molar-refractivity contribution is 5.77. The van der Waals surface area contributed by atoms with Gasteiger partial charge in [-0.2, -0.15) is 0 Å². The molecule has 4 nitrogen and oxygen atoms in total. The molecule has 0 bridgehead atoms. The predicted molar refractivity (Wildman–Crippen MR) is 81.4 cm³/mol. The van der Waals surface area contributed by atoms with E-state index in [0.29, 0.717) is 19.1 Å². The fourth-order valence-electron chi connectivity index (χ4n) is 2.75. The van der Waals surface area contributed by atoms with Gasteiger partial charge >= 0.3 is 0 Å². The second-order valence-corrected chi connectivity index (χ2v) is 5.32. The Hall–Kier alpha value is -1.39. The van der Waals surface area contributed by atoms with Gasteiger partial charge in [-0.15, -0.1) is 0 Å². The van der Waals surface area contributed by atoms with E-state index >= 15 is 0 Å². The Morgan fingerprint density at radius 2 is 2.15 bits per heavy atom. The number of benzene rings is 1. The van der Waals surface area contributed by atoms with Crippen LogP contribution in [0.1, 0.15) is 25.3 Å². The zero-order valence-corrected chi connectivity index (χ0v) is 12.3. The van der Waals surface area contributed by atoms with Crippen molar-refractivity contribution in [1.29, 1.82) is 0 Å². The molecule has 1 aromatic carbocycles. The molecule has 1 saturated heterocycles. The molecule has 0 radical (unpaired) electrons. The summed E-state index contributed by atoms with van der Waals surface area (Å²) in [5.74, 6) is 0.0647. The summed E-state index contributed by atoms with van der Waals surface area (Å²) in [6, 6.07) is 10.6. The maximum atomic E-state index is 11.8. The van der Waals surface area contributed by atoms with Gasteiger partial charge in [-0.3, -0.25) is 9.69 Å². The van der Waals surface area contributed by atoms with Crippen molar-refractivity contribution in [2.24, 2.45) is 0 Å². The van der Waals surface area contributed by atoms with Crippen molar-refractivity contribution in [1.82, 2.24) is 15.5 Å². The van der Waals surface area contributed by atoms with Crippen molar-refractivity contribution < 1.29 is 4.79 Å². The van der Waals surface area contributed by atoms with Crippen molar-refractivity contribution in [3.05, 3.63) is 35.9 Å². The highest BCUT2D eigenvalue weighted by Crippen LogP contribution is 2.15. The van der Waals surface area contributed by atoms with Gasteiger partial charge in [0, 0.05) is 19.1 Å². The number of carbonyl (C=O) groups excluding carboxylic acids is 1. The average molecular weight is 275 g/mol. The Morgan fingerprint density at radius 1 is 1.35 bits per heavy atom. The second kappa shape index (κ2) is 8.02. The van der Waals surface area contributed by atoms with E-state index in [4.69, 9.17) is 0 Å². The summed E-state index contributed by atoms with van der Waals surface area (Å²) in [6.07, 6.45) is 2.52. The van der Waals surface area contributed by atoms with Gasteiger partial charge in [0.1, 0.15) is 0 Å². The van der Waals surface area contributed by atoms with Crippen LogP contribution >= 0.6 is 0 Å². The Kier molecular flexibility index (Phi) is 6.02. The van der Waals surface area contributed by atoms with Gasteiger partial charge in [0.15, 0.2) is 0 Å². The first kappa shape index (κ1) is 15.0. The zero-order chi connectivity index (χ0) is 14.2. The monoisotopic (exact) mass is 275 g/mol. The number of rotatable bonds is 7. The van der Waals surface area contributed by atoms with Crippen LogP contribution < -0.4 is 10.6 Å². The van der Waals surface area contributed by atoms with Crippen molar-refractivity contribution in [2.75, 3.05) is 26.2 Å². The van der Waals surface area contributed by atoms with Gasteiger partial charge < -0.3 is 10.6 Å². The molecular formula is C16H25N3O. The number of nitrogens with one attached hydrogen (secondary N) is 2. The third-order valence-electron chi connectivity index (χ3n) is 3.90. The minimum Gasteiger partial charge on any atom is -0.351 e. The van der Waals surface area contributed by atoms with E-state index in [0.717, 1.165) is 18.7 Å². The molecule has 20 heavy (non-hydrogen) atoms. The average Bonchev–Trinajstić information content (AvgIpc) is 2.94.